The molecule has 4 aromatic rings. The Hall–Kier alpha value is -3.74. The molecule has 7 rings (SSSR count). The Labute approximate surface area is 244 Å². The normalized spacial score (nSPS) is 23.2. The first-order valence-corrected chi connectivity index (χ1v) is 15.0. The molecule has 1 saturated carbocycles. The third-order valence-corrected chi connectivity index (χ3v) is 10.1. The van der Waals surface area contributed by atoms with Gasteiger partial charge in [0.1, 0.15) is 28.5 Å². The second-order valence-corrected chi connectivity index (χ2v) is 12.4. The summed E-state index contributed by atoms with van der Waals surface area (Å²) in [5.74, 6) is -0.251. The highest BCUT2D eigenvalue weighted by Crippen LogP contribution is 2.44. The number of para-hydroxylation sites is 1. The number of methoxy groups -OCH3 is 1. The average Bonchev–Trinajstić information content (AvgIpc) is 3.27. The maximum absolute atomic E-state index is 14.3. The zero-order chi connectivity index (χ0) is 29.2. The molecule has 0 amide bonds. The molecule has 3 aromatic heterocycles. The summed E-state index contributed by atoms with van der Waals surface area (Å²) in [6.45, 7) is 1.81. The summed E-state index contributed by atoms with van der Waals surface area (Å²) in [7, 11) is 1.59. The van der Waals surface area contributed by atoms with Gasteiger partial charge in [-0.3, -0.25) is 9.36 Å². The Balaban J connectivity index is 1.41. The molecule has 1 N–H and O–H groups in total. The van der Waals surface area contributed by atoms with Crippen LogP contribution in [0.4, 0.5) is 0 Å². The van der Waals surface area contributed by atoms with Crippen molar-refractivity contribution >= 4 is 27.5 Å². The molecular weight excluding hydrogens is 562 g/mol. The summed E-state index contributed by atoms with van der Waals surface area (Å²) in [5, 5.41) is 10.4. The Morgan fingerprint density at radius 3 is 2.60 bits per heavy atom. The molecule has 1 aliphatic carbocycles. The molecule has 0 unspecified atom stereocenters. The number of aliphatic carboxylic acids is 1. The van der Waals surface area contributed by atoms with Crippen LogP contribution in [0, 0.1) is 6.92 Å². The SMILES string of the molecule is COc1ccccc1[C@H](Cn1c(=O)n(C2(C(=O)O)CC2)c(=O)c2c(C)c(-c3ncco3)sc21)OC1C[C@H]2CC[C@H](C1)O2. The predicted octanol–water partition coefficient (Wildman–Crippen LogP) is 4.24. The fourth-order valence-corrected chi connectivity index (χ4v) is 7.78. The monoisotopic (exact) mass is 593 g/mol. The lowest BCUT2D eigenvalue weighted by molar-refractivity contribution is -0.142. The smallest absolute Gasteiger partial charge is 0.333 e. The molecule has 3 atom stereocenters. The van der Waals surface area contributed by atoms with Crippen LogP contribution in [0.5, 0.6) is 5.75 Å². The molecule has 2 saturated heterocycles. The number of carboxylic acid groups (broad SMARTS) is 1. The van der Waals surface area contributed by atoms with Gasteiger partial charge in [0.2, 0.25) is 5.89 Å². The molecule has 2 bridgehead atoms. The minimum atomic E-state index is -1.57. The summed E-state index contributed by atoms with van der Waals surface area (Å²) >= 11 is 1.23. The summed E-state index contributed by atoms with van der Waals surface area (Å²) in [6.07, 6.45) is 6.46. The van der Waals surface area contributed by atoms with Gasteiger partial charge in [-0.15, -0.1) is 11.3 Å². The predicted molar refractivity (Wildman–Crippen MR) is 153 cm³/mol. The molecule has 42 heavy (non-hydrogen) atoms. The molecule has 0 radical (unpaired) electrons. The van der Waals surface area contributed by atoms with Gasteiger partial charge >= 0.3 is 11.7 Å². The largest absolute Gasteiger partial charge is 0.496 e. The number of hydrogen-bond acceptors (Lipinski definition) is 9. The number of nitrogens with zero attached hydrogens (tertiary/aromatic N) is 3. The molecule has 3 fully saturated rings. The molecule has 11 nitrogen and oxygen atoms in total. The van der Waals surface area contributed by atoms with Crippen LogP contribution in [0.2, 0.25) is 0 Å². The number of carbonyl (C=O) groups is 1. The first-order valence-electron chi connectivity index (χ1n) is 14.2. The van der Waals surface area contributed by atoms with Gasteiger partial charge in [-0.1, -0.05) is 18.2 Å². The van der Waals surface area contributed by atoms with E-state index in [0.717, 1.165) is 35.8 Å². The Kier molecular flexibility index (Phi) is 6.59. The maximum atomic E-state index is 14.3. The van der Waals surface area contributed by atoms with Crippen LogP contribution in [-0.2, 0) is 26.4 Å². The van der Waals surface area contributed by atoms with E-state index in [9.17, 15) is 19.5 Å². The van der Waals surface area contributed by atoms with Crippen molar-refractivity contribution in [2.75, 3.05) is 7.11 Å². The Morgan fingerprint density at radius 2 is 1.95 bits per heavy atom. The maximum Gasteiger partial charge on any atom is 0.333 e. The van der Waals surface area contributed by atoms with Gasteiger partial charge in [0.25, 0.3) is 5.56 Å². The highest BCUT2D eigenvalue weighted by atomic mass is 32.1. The summed E-state index contributed by atoms with van der Waals surface area (Å²) in [6, 6.07) is 7.51. The van der Waals surface area contributed by atoms with Crippen molar-refractivity contribution in [2.24, 2.45) is 0 Å². The molecule has 5 heterocycles. The topological polar surface area (TPSA) is 135 Å². The van der Waals surface area contributed by atoms with Crippen molar-refractivity contribution in [3.8, 4) is 16.5 Å². The van der Waals surface area contributed by atoms with Crippen LogP contribution in [0.15, 0.2) is 50.7 Å². The molecule has 0 spiro atoms. The van der Waals surface area contributed by atoms with Crippen LogP contribution in [-0.4, -0.2) is 50.6 Å². The molecule has 2 aliphatic heterocycles. The molecule has 220 valence electrons. The average molecular weight is 594 g/mol. The number of ether oxygens (including phenoxy) is 3. The van der Waals surface area contributed by atoms with Crippen molar-refractivity contribution in [2.45, 2.75) is 81.9 Å². The number of hydrogen-bond donors (Lipinski definition) is 1. The van der Waals surface area contributed by atoms with E-state index >= 15 is 0 Å². The van der Waals surface area contributed by atoms with Crippen LogP contribution in [0.3, 0.4) is 0 Å². The van der Waals surface area contributed by atoms with Gasteiger partial charge in [-0.25, -0.2) is 19.1 Å². The van der Waals surface area contributed by atoms with Crippen LogP contribution < -0.4 is 16.0 Å². The van der Waals surface area contributed by atoms with Gasteiger partial charge in [0.05, 0.1) is 48.4 Å². The second kappa shape index (κ2) is 10.2. The Morgan fingerprint density at radius 1 is 1.21 bits per heavy atom. The quantitative estimate of drug-likeness (QED) is 0.302. The van der Waals surface area contributed by atoms with Crippen molar-refractivity contribution in [1.82, 2.24) is 14.1 Å². The Bertz CT molecular complexity index is 1770. The van der Waals surface area contributed by atoms with Crippen LogP contribution in [0.25, 0.3) is 21.0 Å². The van der Waals surface area contributed by atoms with Gasteiger partial charge in [-0.2, -0.15) is 0 Å². The summed E-state index contributed by atoms with van der Waals surface area (Å²) < 4.78 is 26.5. The van der Waals surface area contributed by atoms with E-state index < -0.39 is 28.9 Å². The number of fused-ring (bicyclic) bond motifs is 3. The summed E-state index contributed by atoms with van der Waals surface area (Å²) in [4.78, 5) is 45.9. The second-order valence-electron chi connectivity index (χ2n) is 11.4. The number of thiophene rings is 1. The number of carboxylic acids is 1. The number of rotatable bonds is 9. The zero-order valence-electron chi connectivity index (χ0n) is 23.3. The van der Waals surface area contributed by atoms with Crippen molar-refractivity contribution in [3.05, 3.63) is 68.7 Å². The van der Waals surface area contributed by atoms with Gasteiger partial charge in [0.15, 0.2) is 0 Å². The number of aromatic nitrogens is 3. The number of aryl methyl sites for hydroxylation is 1. The van der Waals surface area contributed by atoms with E-state index in [1.807, 2.05) is 24.3 Å². The van der Waals surface area contributed by atoms with E-state index in [0.29, 0.717) is 26.9 Å². The lowest BCUT2D eigenvalue weighted by Crippen LogP contribution is -2.49. The first-order chi connectivity index (χ1) is 20.3. The first kappa shape index (κ1) is 27.1. The zero-order valence-corrected chi connectivity index (χ0v) is 24.1. The van der Waals surface area contributed by atoms with Crippen molar-refractivity contribution < 1.29 is 28.5 Å². The minimum absolute atomic E-state index is 0.0450. The third kappa shape index (κ3) is 4.31. The van der Waals surface area contributed by atoms with Crippen LogP contribution in [0.1, 0.15) is 55.8 Å². The molecule has 3 aliphatic rings. The van der Waals surface area contributed by atoms with Gasteiger partial charge < -0.3 is 23.7 Å². The highest BCUT2D eigenvalue weighted by Gasteiger charge is 2.55. The number of benzene rings is 1. The molecule has 12 heteroatoms. The van der Waals surface area contributed by atoms with Crippen LogP contribution >= 0.6 is 11.3 Å². The van der Waals surface area contributed by atoms with E-state index in [1.165, 1.54) is 28.4 Å². The molecule has 1 aromatic carbocycles. The minimum Gasteiger partial charge on any atom is -0.496 e. The van der Waals surface area contributed by atoms with E-state index in [2.05, 4.69) is 4.98 Å². The standard InChI is InChI=1S/C30H31N3O8S/c1-16-23-26(34)33(30(9-10-30)28(35)36)29(37)32(27(23)42-24(16)25-31-11-12-39-25)15-22(20-5-3-4-6-21(20)38-2)41-19-13-17-7-8-18(14-19)40-17/h3-6,11-12,17-19,22H,7-10,13-15H2,1-2H3,(H,35,36)/t17-,18-,22+/m1/s1. The fourth-order valence-electron chi connectivity index (χ4n) is 6.54. The van der Waals surface area contributed by atoms with Gasteiger partial charge in [0, 0.05) is 5.56 Å². The van der Waals surface area contributed by atoms with E-state index in [4.69, 9.17) is 18.6 Å². The fraction of sp³-hybridized carbons (Fsp3) is 0.467. The van der Waals surface area contributed by atoms with E-state index in [1.54, 1.807) is 14.0 Å². The molecular formula is C30H31N3O8S. The summed E-state index contributed by atoms with van der Waals surface area (Å²) in [5.41, 5.74) is -1.52. The lowest BCUT2D eigenvalue weighted by Gasteiger charge is -2.32. The van der Waals surface area contributed by atoms with Crippen molar-refractivity contribution in [3.63, 3.8) is 0 Å². The highest BCUT2D eigenvalue weighted by molar-refractivity contribution is 7.22. The van der Waals surface area contributed by atoms with Crippen molar-refractivity contribution in [1.29, 1.82) is 0 Å². The number of oxazole rings is 1. The van der Waals surface area contributed by atoms with Gasteiger partial charge in [-0.05, 0) is 57.1 Å². The lowest BCUT2D eigenvalue weighted by atomic mass is 10.0. The third-order valence-electron chi connectivity index (χ3n) is 8.83. The van der Waals surface area contributed by atoms with E-state index in [-0.39, 0.29) is 43.1 Å².